The van der Waals surface area contributed by atoms with Crippen LogP contribution in [0.5, 0.6) is 0 Å². The molecule has 0 spiro atoms. The van der Waals surface area contributed by atoms with Crippen molar-refractivity contribution >= 4 is 45.9 Å². The van der Waals surface area contributed by atoms with E-state index >= 15 is 0 Å². The Morgan fingerprint density at radius 2 is 2.12 bits per heavy atom. The number of nitrogens with zero attached hydrogens (tertiary/aromatic N) is 2. The Kier molecular flexibility index (Phi) is 11.0. The number of hydrogen-bond donors (Lipinski definition) is 1. The van der Waals surface area contributed by atoms with Crippen LogP contribution in [-0.2, 0) is 11.2 Å². The van der Waals surface area contributed by atoms with Gasteiger partial charge in [-0.2, -0.15) is 0 Å². The minimum absolute atomic E-state index is 0. The maximum Gasteiger partial charge on any atom is 0.193 e. The quantitative estimate of drug-likeness (QED) is 0.341. The molecule has 1 saturated heterocycles. The van der Waals surface area contributed by atoms with Gasteiger partial charge in [-0.05, 0) is 60.2 Å². The summed E-state index contributed by atoms with van der Waals surface area (Å²) in [7, 11) is 2.12. The van der Waals surface area contributed by atoms with Gasteiger partial charge < -0.3 is 19.4 Å². The Labute approximate surface area is 170 Å². The summed E-state index contributed by atoms with van der Waals surface area (Å²) in [5, 5.41) is 3.37. The van der Waals surface area contributed by atoms with Crippen molar-refractivity contribution in [2.75, 3.05) is 39.9 Å². The molecular formula is C17H29BrIN3O2. The van der Waals surface area contributed by atoms with Crippen LogP contribution in [0.4, 0.5) is 0 Å². The monoisotopic (exact) mass is 513 g/mol. The first-order chi connectivity index (χ1) is 11.2. The fraction of sp³-hybridized carbons (Fsp3) is 0.706. The maximum absolute atomic E-state index is 5.51. The molecule has 0 radical (unpaired) electrons. The number of nitrogens with one attached hydrogen (secondary N) is 1. The van der Waals surface area contributed by atoms with Crippen LogP contribution in [0.2, 0.25) is 0 Å². The second-order valence-electron chi connectivity index (χ2n) is 5.96. The van der Waals surface area contributed by atoms with E-state index < -0.39 is 0 Å². The fourth-order valence-electron chi connectivity index (χ4n) is 2.74. The van der Waals surface area contributed by atoms with Gasteiger partial charge in [-0.25, -0.2) is 0 Å². The smallest absolute Gasteiger partial charge is 0.193 e. The predicted octanol–water partition coefficient (Wildman–Crippen LogP) is 3.92. The molecule has 24 heavy (non-hydrogen) atoms. The minimum atomic E-state index is 0. The van der Waals surface area contributed by atoms with Gasteiger partial charge in [0.05, 0.1) is 0 Å². The van der Waals surface area contributed by atoms with Gasteiger partial charge in [0.2, 0.25) is 0 Å². The molecule has 0 unspecified atom stereocenters. The Morgan fingerprint density at radius 1 is 1.38 bits per heavy atom. The van der Waals surface area contributed by atoms with Crippen LogP contribution in [0.1, 0.15) is 31.9 Å². The van der Waals surface area contributed by atoms with E-state index in [1.165, 1.54) is 19.3 Å². The number of hydrogen-bond acceptors (Lipinski definition) is 3. The lowest BCUT2D eigenvalue weighted by Gasteiger charge is -2.26. The van der Waals surface area contributed by atoms with Gasteiger partial charge in [-0.3, -0.25) is 4.99 Å². The van der Waals surface area contributed by atoms with E-state index in [9.17, 15) is 0 Å². The standard InChI is InChI=1S/C17H28BrN3O2.HI/c1-3-19-17(20-10-6-15-4-5-16(18)23-15)21(2)11-7-14-8-12-22-13-9-14;/h4-5,14H,3,6-13H2,1-2H3,(H,19,20);1H. The summed E-state index contributed by atoms with van der Waals surface area (Å²) in [4.78, 5) is 6.95. The van der Waals surface area contributed by atoms with Crippen molar-refractivity contribution in [1.82, 2.24) is 10.2 Å². The number of halogens is 2. The molecule has 138 valence electrons. The highest BCUT2D eigenvalue weighted by atomic mass is 127. The van der Waals surface area contributed by atoms with Crippen molar-refractivity contribution in [2.24, 2.45) is 10.9 Å². The number of aliphatic imine (C=N–C) groups is 1. The topological polar surface area (TPSA) is 50.0 Å². The second-order valence-corrected chi connectivity index (χ2v) is 6.74. The highest BCUT2D eigenvalue weighted by Gasteiger charge is 2.15. The SMILES string of the molecule is CCNC(=NCCc1ccc(Br)o1)N(C)CCC1CCOCC1.I. The summed E-state index contributed by atoms with van der Waals surface area (Å²) in [5.74, 6) is 2.72. The van der Waals surface area contributed by atoms with Crippen molar-refractivity contribution in [3.63, 3.8) is 0 Å². The van der Waals surface area contributed by atoms with Gasteiger partial charge in [0.1, 0.15) is 5.76 Å². The maximum atomic E-state index is 5.51. The first kappa shape index (κ1) is 21.8. The fourth-order valence-corrected chi connectivity index (χ4v) is 3.09. The van der Waals surface area contributed by atoms with E-state index in [1.807, 2.05) is 12.1 Å². The third kappa shape index (κ3) is 7.74. The number of furan rings is 1. The molecule has 1 aliphatic heterocycles. The van der Waals surface area contributed by atoms with E-state index in [4.69, 9.17) is 14.1 Å². The molecule has 1 aromatic heterocycles. The highest BCUT2D eigenvalue weighted by Crippen LogP contribution is 2.18. The zero-order valence-electron chi connectivity index (χ0n) is 14.6. The van der Waals surface area contributed by atoms with Gasteiger partial charge in [0, 0.05) is 46.3 Å². The van der Waals surface area contributed by atoms with E-state index in [1.54, 1.807) is 0 Å². The summed E-state index contributed by atoms with van der Waals surface area (Å²) < 4.78 is 11.7. The van der Waals surface area contributed by atoms with Crippen molar-refractivity contribution in [2.45, 2.75) is 32.6 Å². The Hall–Kier alpha value is -0.280. The third-order valence-corrected chi connectivity index (χ3v) is 4.58. The summed E-state index contributed by atoms with van der Waals surface area (Å²) in [6, 6.07) is 3.91. The Balaban J connectivity index is 0.00000288. The molecule has 0 aliphatic carbocycles. The molecule has 0 bridgehead atoms. The van der Waals surface area contributed by atoms with Gasteiger partial charge in [-0.1, -0.05) is 0 Å². The summed E-state index contributed by atoms with van der Waals surface area (Å²) >= 11 is 3.33. The molecule has 0 saturated carbocycles. The van der Waals surface area contributed by atoms with Gasteiger partial charge in [0.15, 0.2) is 10.6 Å². The van der Waals surface area contributed by atoms with Gasteiger partial charge >= 0.3 is 0 Å². The van der Waals surface area contributed by atoms with E-state index in [-0.39, 0.29) is 24.0 Å². The molecule has 5 nitrogen and oxygen atoms in total. The zero-order chi connectivity index (χ0) is 16.5. The molecule has 2 rings (SSSR count). The lowest BCUT2D eigenvalue weighted by Crippen LogP contribution is -2.40. The molecule has 1 aliphatic rings. The van der Waals surface area contributed by atoms with Crippen molar-refractivity contribution in [1.29, 1.82) is 0 Å². The van der Waals surface area contributed by atoms with Gasteiger partial charge in [-0.15, -0.1) is 24.0 Å². The highest BCUT2D eigenvalue weighted by molar-refractivity contribution is 14.0. The lowest BCUT2D eigenvalue weighted by atomic mass is 9.96. The summed E-state index contributed by atoms with van der Waals surface area (Å²) in [5.41, 5.74) is 0. The summed E-state index contributed by atoms with van der Waals surface area (Å²) in [6.45, 7) is 6.58. The van der Waals surface area contributed by atoms with Crippen LogP contribution in [0.3, 0.4) is 0 Å². The number of ether oxygens (including phenoxy) is 1. The number of guanidine groups is 1. The average molecular weight is 514 g/mol. The molecular weight excluding hydrogens is 485 g/mol. The van der Waals surface area contributed by atoms with Crippen molar-refractivity contribution < 1.29 is 9.15 Å². The molecule has 0 amide bonds. The predicted molar refractivity (Wildman–Crippen MR) is 112 cm³/mol. The van der Waals surface area contributed by atoms with Crippen LogP contribution in [0.25, 0.3) is 0 Å². The normalized spacial score (nSPS) is 15.9. The van der Waals surface area contributed by atoms with E-state index in [0.29, 0.717) is 0 Å². The molecule has 2 heterocycles. The average Bonchev–Trinajstić information content (AvgIpc) is 2.98. The van der Waals surface area contributed by atoms with Crippen LogP contribution >= 0.6 is 39.9 Å². The van der Waals surface area contributed by atoms with Crippen LogP contribution < -0.4 is 5.32 Å². The largest absolute Gasteiger partial charge is 0.454 e. The van der Waals surface area contributed by atoms with Gasteiger partial charge in [0.25, 0.3) is 0 Å². The Morgan fingerprint density at radius 3 is 2.75 bits per heavy atom. The molecule has 1 N–H and O–H groups in total. The van der Waals surface area contributed by atoms with Crippen LogP contribution in [-0.4, -0.2) is 50.8 Å². The molecule has 1 aromatic rings. The van der Waals surface area contributed by atoms with Crippen molar-refractivity contribution in [3.8, 4) is 0 Å². The van der Waals surface area contributed by atoms with E-state index in [2.05, 4.69) is 40.1 Å². The molecule has 0 aromatic carbocycles. The Bertz CT molecular complexity index is 490. The number of rotatable bonds is 7. The molecule has 0 atom stereocenters. The van der Waals surface area contributed by atoms with E-state index in [0.717, 1.165) is 61.6 Å². The van der Waals surface area contributed by atoms with Crippen LogP contribution in [0, 0.1) is 5.92 Å². The van der Waals surface area contributed by atoms with Crippen molar-refractivity contribution in [3.05, 3.63) is 22.6 Å². The molecule has 7 heteroatoms. The molecule has 1 fully saturated rings. The van der Waals surface area contributed by atoms with Crippen LogP contribution in [0.15, 0.2) is 26.2 Å². The zero-order valence-corrected chi connectivity index (χ0v) is 18.5. The minimum Gasteiger partial charge on any atom is -0.454 e. The lowest BCUT2D eigenvalue weighted by molar-refractivity contribution is 0.0625. The second kappa shape index (κ2) is 12.1. The summed E-state index contributed by atoms with van der Waals surface area (Å²) in [6.07, 6.45) is 4.40. The third-order valence-electron chi connectivity index (χ3n) is 4.16. The first-order valence-corrected chi connectivity index (χ1v) is 9.29. The first-order valence-electron chi connectivity index (χ1n) is 8.50.